The summed E-state index contributed by atoms with van der Waals surface area (Å²) in [5, 5.41) is 0.681. The average molecular weight is 332 g/mol. The van der Waals surface area contributed by atoms with Crippen molar-refractivity contribution in [3.63, 3.8) is 0 Å². The van der Waals surface area contributed by atoms with Crippen molar-refractivity contribution >= 4 is 33.3 Å². The van der Waals surface area contributed by atoms with Crippen molar-refractivity contribution in [2.24, 2.45) is 11.8 Å². The van der Waals surface area contributed by atoms with Crippen LogP contribution in [0.5, 0.6) is 0 Å². The molecule has 1 atom stereocenters. The zero-order valence-electron chi connectivity index (χ0n) is 11.0. The van der Waals surface area contributed by atoms with Crippen molar-refractivity contribution in [1.29, 1.82) is 0 Å². The first kappa shape index (κ1) is 14.1. The molecule has 1 aliphatic rings. The minimum absolute atomic E-state index is 0.681. The van der Waals surface area contributed by atoms with Gasteiger partial charge in [-0.05, 0) is 53.1 Å². The quantitative estimate of drug-likeness (QED) is 0.776. The van der Waals surface area contributed by atoms with Gasteiger partial charge in [-0.25, -0.2) is 4.98 Å². The maximum absolute atomic E-state index is 5.94. The lowest BCUT2D eigenvalue weighted by Crippen LogP contribution is -2.25. The molecule has 18 heavy (non-hydrogen) atoms. The second-order valence-electron chi connectivity index (χ2n) is 5.38. The normalized spacial score (nSPS) is 21.2. The molecule has 1 fully saturated rings. The molecule has 0 radical (unpaired) electrons. The fourth-order valence-corrected chi connectivity index (χ4v) is 3.53. The van der Waals surface area contributed by atoms with Gasteiger partial charge in [-0.3, -0.25) is 0 Å². The number of hydrogen-bond donors (Lipinski definition) is 0. The second kappa shape index (κ2) is 6.25. The van der Waals surface area contributed by atoms with E-state index in [0.717, 1.165) is 35.2 Å². The zero-order chi connectivity index (χ0) is 13.1. The maximum atomic E-state index is 5.94. The molecule has 2 heterocycles. The lowest BCUT2D eigenvalue weighted by atomic mass is 9.89. The Labute approximate surface area is 123 Å². The van der Waals surface area contributed by atoms with Crippen LogP contribution in [0.2, 0.25) is 5.02 Å². The molecule has 1 aliphatic heterocycles. The molecule has 1 aromatic rings. The van der Waals surface area contributed by atoms with Crippen molar-refractivity contribution in [3.05, 3.63) is 21.8 Å². The van der Waals surface area contributed by atoms with Gasteiger partial charge in [0, 0.05) is 19.3 Å². The first-order chi connectivity index (χ1) is 8.58. The molecule has 0 saturated carbocycles. The van der Waals surface area contributed by atoms with Crippen LogP contribution in [0.4, 0.5) is 5.82 Å². The molecule has 2 nitrogen and oxygen atoms in total. The van der Waals surface area contributed by atoms with Gasteiger partial charge in [0.1, 0.15) is 5.82 Å². The van der Waals surface area contributed by atoms with Crippen LogP contribution in [-0.2, 0) is 0 Å². The third kappa shape index (κ3) is 3.39. The van der Waals surface area contributed by atoms with Crippen LogP contribution in [0.1, 0.15) is 33.1 Å². The Morgan fingerprint density at radius 2 is 2.17 bits per heavy atom. The smallest absolute Gasteiger partial charge is 0.142 e. The summed E-state index contributed by atoms with van der Waals surface area (Å²) in [5.41, 5.74) is 0. The van der Waals surface area contributed by atoms with E-state index in [1.165, 1.54) is 19.3 Å². The van der Waals surface area contributed by atoms with E-state index in [4.69, 9.17) is 11.6 Å². The predicted octanol–water partition coefficient (Wildman–Crippen LogP) is 4.76. The van der Waals surface area contributed by atoms with Crippen LogP contribution in [0.15, 0.2) is 16.7 Å². The Balaban J connectivity index is 2.10. The minimum atomic E-state index is 0.681. The molecule has 1 aromatic heterocycles. The third-order valence-corrected chi connectivity index (χ3v) is 4.59. The summed E-state index contributed by atoms with van der Waals surface area (Å²) in [6.45, 7) is 6.85. The van der Waals surface area contributed by atoms with Crippen LogP contribution >= 0.6 is 27.5 Å². The standard InChI is InChI=1S/C14H20BrClN2/c1-10(2)11-4-3-6-18(7-5-11)14-13(15)8-12(16)9-17-14/h8-11H,3-7H2,1-2H3. The summed E-state index contributed by atoms with van der Waals surface area (Å²) < 4.78 is 0.998. The van der Waals surface area contributed by atoms with Gasteiger partial charge in [-0.15, -0.1) is 0 Å². The summed E-state index contributed by atoms with van der Waals surface area (Å²) in [4.78, 5) is 6.84. The molecule has 2 rings (SSSR count). The number of rotatable bonds is 2. The van der Waals surface area contributed by atoms with Crippen LogP contribution in [0.3, 0.4) is 0 Å². The molecule has 1 saturated heterocycles. The number of aromatic nitrogens is 1. The Hall–Kier alpha value is -0.280. The highest BCUT2D eigenvalue weighted by Gasteiger charge is 2.21. The van der Waals surface area contributed by atoms with Gasteiger partial charge in [-0.1, -0.05) is 25.4 Å². The van der Waals surface area contributed by atoms with E-state index >= 15 is 0 Å². The van der Waals surface area contributed by atoms with Crippen LogP contribution in [-0.4, -0.2) is 18.1 Å². The molecule has 1 unspecified atom stereocenters. The first-order valence-electron chi connectivity index (χ1n) is 6.64. The maximum Gasteiger partial charge on any atom is 0.142 e. The molecule has 0 aromatic carbocycles. The summed E-state index contributed by atoms with van der Waals surface area (Å²) in [6, 6.07) is 1.93. The van der Waals surface area contributed by atoms with Crippen molar-refractivity contribution in [3.8, 4) is 0 Å². The monoisotopic (exact) mass is 330 g/mol. The lowest BCUT2D eigenvalue weighted by Gasteiger charge is -2.23. The van der Waals surface area contributed by atoms with Gasteiger partial charge in [-0.2, -0.15) is 0 Å². The van der Waals surface area contributed by atoms with Crippen LogP contribution in [0, 0.1) is 11.8 Å². The van der Waals surface area contributed by atoms with E-state index in [0.29, 0.717) is 5.02 Å². The van der Waals surface area contributed by atoms with Gasteiger partial charge in [0.05, 0.1) is 9.50 Å². The zero-order valence-corrected chi connectivity index (χ0v) is 13.3. The van der Waals surface area contributed by atoms with E-state index < -0.39 is 0 Å². The Bertz CT molecular complexity index is 409. The number of pyridine rings is 1. The number of anilines is 1. The largest absolute Gasteiger partial charge is 0.356 e. The molecule has 0 bridgehead atoms. The molecular weight excluding hydrogens is 312 g/mol. The van der Waals surface area contributed by atoms with E-state index in [1.54, 1.807) is 6.20 Å². The number of halogens is 2. The minimum Gasteiger partial charge on any atom is -0.356 e. The van der Waals surface area contributed by atoms with E-state index in [-0.39, 0.29) is 0 Å². The van der Waals surface area contributed by atoms with E-state index in [2.05, 4.69) is 39.7 Å². The van der Waals surface area contributed by atoms with Gasteiger partial charge in [0.15, 0.2) is 0 Å². The third-order valence-electron chi connectivity index (χ3n) is 3.80. The lowest BCUT2D eigenvalue weighted by molar-refractivity contribution is 0.351. The molecule has 0 aliphatic carbocycles. The topological polar surface area (TPSA) is 16.1 Å². The summed E-state index contributed by atoms with van der Waals surface area (Å²) in [7, 11) is 0. The van der Waals surface area contributed by atoms with E-state index in [1.807, 2.05) is 6.07 Å². The van der Waals surface area contributed by atoms with Crippen molar-refractivity contribution in [1.82, 2.24) is 4.98 Å². The molecular formula is C14H20BrClN2. The first-order valence-corrected chi connectivity index (χ1v) is 7.81. The highest BCUT2D eigenvalue weighted by atomic mass is 79.9. The predicted molar refractivity (Wildman–Crippen MR) is 81.3 cm³/mol. The van der Waals surface area contributed by atoms with Crippen LogP contribution in [0.25, 0.3) is 0 Å². The van der Waals surface area contributed by atoms with E-state index in [9.17, 15) is 0 Å². The summed E-state index contributed by atoms with van der Waals surface area (Å²) >= 11 is 9.51. The molecule has 100 valence electrons. The number of nitrogens with zero attached hydrogens (tertiary/aromatic N) is 2. The Kier molecular flexibility index (Phi) is 4.91. The van der Waals surface area contributed by atoms with Crippen molar-refractivity contribution in [2.45, 2.75) is 33.1 Å². The molecule has 0 amide bonds. The van der Waals surface area contributed by atoms with Crippen LogP contribution < -0.4 is 4.90 Å². The van der Waals surface area contributed by atoms with Gasteiger partial charge in [0.25, 0.3) is 0 Å². The fraction of sp³-hybridized carbons (Fsp3) is 0.643. The van der Waals surface area contributed by atoms with Gasteiger partial charge in [0.2, 0.25) is 0 Å². The Morgan fingerprint density at radius 3 is 2.83 bits per heavy atom. The summed E-state index contributed by atoms with van der Waals surface area (Å²) in [5.74, 6) is 2.66. The highest BCUT2D eigenvalue weighted by molar-refractivity contribution is 9.10. The second-order valence-corrected chi connectivity index (χ2v) is 6.67. The number of hydrogen-bond acceptors (Lipinski definition) is 2. The molecule has 0 N–H and O–H groups in total. The van der Waals surface area contributed by atoms with Crippen molar-refractivity contribution in [2.75, 3.05) is 18.0 Å². The van der Waals surface area contributed by atoms with Gasteiger partial charge >= 0.3 is 0 Å². The molecule has 4 heteroatoms. The SMILES string of the molecule is CC(C)C1CCCN(c2ncc(Cl)cc2Br)CC1. The fourth-order valence-electron chi connectivity index (χ4n) is 2.64. The van der Waals surface area contributed by atoms with Crippen molar-refractivity contribution < 1.29 is 0 Å². The molecule has 0 spiro atoms. The highest BCUT2D eigenvalue weighted by Crippen LogP contribution is 2.31. The van der Waals surface area contributed by atoms with Gasteiger partial charge < -0.3 is 4.90 Å². The average Bonchev–Trinajstić information content (AvgIpc) is 2.54. The Morgan fingerprint density at radius 1 is 1.39 bits per heavy atom. The summed E-state index contributed by atoms with van der Waals surface area (Å²) in [6.07, 6.45) is 5.57.